The fourth-order valence-corrected chi connectivity index (χ4v) is 3.72. The molecule has 1 aromatic carbocycles. The molecule has 2 rings (SSSR count). The highest BCUT2D eigenvalue weighted by Gasteiger charge is 2.27. The summed E-state index contributed by atoms with van der Waals surface area (Å²) >= 11 is 6.26. The number of hydrogen-bond acceptors (Lipinski definition) is 3. The Hall–Kier alpha value is -0.770. The lowest BCUT2D eigenvalue weighted by molar-refractivity contribution is 0.121. The van der Waals surface area contributed by atoms with Gasteiger partial charge in [0.2, 0.25) is 0 Å². The number of hydrogen-bond donors (Lipinski definition) is 1. The van der Waals surface area contributed by atoms with Gasteiger partial charge in [0.15, 0.2) is 0 Å². The van der Waals surface area contributed by atoms with E-state index in [1.54, 1.807) is 7.11 Å². The van der Waals surface area contributed by atoms with Gasteiger partial charge in [-0.25, -0.2) is 0 Å². The first kappa shape index (κ1) is 16.6. The van der Waals surface area contributed by atoms with Crippen LogP contribution in [0.15, 0.2) is 18.2 Å². The van der Waals surface area contributed by atoms with Crippen LogP contribution in [0.3, 0.4) is 0 Å². The second-order valence-corrected chi connectivity index (χ2v) is 6.64. The Morgan fingerprint density at radius 3 is 2.76 bits per heavy atom. The van der Waals surface area contributed by atoms with E-state index in [-0.39, 0.29) is 6.04 Å². The monoisotopic (exact) mass is 310 g/mol. The average Bonchev–Trinajstić information content (AvgIpc) is 2.48. The maximum absolute atomic E-state index is 6.26. The van der Waals surface area contributed by atoms with E-state index < -0.39 is 0 Å². The van der Waals surface area contributed by atoms with Gasteiger partial charge in [-0.05, 0) is 43.5 Å². The fourth-order valence-electron chi connectivity index (χ4n) is 3.45. The number of benzene rings is 1. The number of nitrogens with zero attached hydrogens (tertiary/aromatic N) is 1. The molecule has 0 heterocycles. The normalized spacial score (nSPS) is 24.1. The molecule has 1 aliphatic rings. The molecule has 1 saturated carbocycles. The molecule has 1 aliphatic carbocycles. The van der Waals surface area contributed by atoms with Crippen molar-refractivity contribution >= 4 is 11.6 Å². The number of rotatable bonds is 5. The van der Waals surface area contributed by atoms with E-state index in [9.17, 15) is 0 Å². The van der Waals surface area contributed by atoms with Crippen LogP contribution in [0.2, 0.25) is 5.02 Å². The van der Waals surface area contributed by atoms with Gasteiger partial charge in [-0.3, -0.25) is 4.90 Å². The minimum absolute atomic E-state index is 0.212. The number of methoxy groups -OCH3 is 1. The molecule has 0 aromatic heterocycles. The van der Waals surface area contributed by atoms with Crippen molar-refractivity contribution in [3.8, 4) is 5.75 Å². The molecule has 0 spiro atoms. The Bertz CT molecular complexity index is 466. The third-order valence-corrected chi connectivity index (χ3v) is 5.06. The van der Waals surface area contributed by atoms with Crippen LogP contribution in [0.1, 0.15) is 44.2 Å². The zero-order chi connectivity index (χ0) is 15.4. The van der Waals surface area contributed by atoms with Crippen molar-refractivity contribution in [2.24, 2.45) is 11.7 Å². The molecule has 0 bridgehead atoms. The lowest BCUT2D eigenvalue weighted by Gasteiger charge is -2.39. The van der Waals surface area contributed by atoms with Crippen LogP contribution in [0.4, 0.5) is 0 Å². The van der Waals surface area contributed by atoms with Crippen molar-refractivity contribution in [1.29, 1.82) is 0 Å². The summed E-state index contributed by atoms with van der Waals surface area (Å²) in [6, 6.07) is 6.82. The smallest absolute Gasteiger partial charge is 0.137 e. The maximum Gasteiger partial charge on any atom is 0.137 e. The van der Waals surface area contributed by atoms with E-state index in [1.165, 1.54) is 31.2 Å². The van der Waals surface area contributed by atoms with Crippen LogP contribution >= 0.6 is 11.6 Å². The van der Waals surface area contributed by atoms with E-state index in [0.29, 0.717) is 23.4 Å². The molecule has 0 radical (unpaired) electrons. The maximum atomic E-state index is 6.26. The predicted octanol–water partition coefficient (Wildman–Crippen LogP) is 3.86. The van der Waals surface area contributed by atoms with Crippen molar-refractivity contribution < 1.29 is 4.74 Å². The Morgan fingerprint density at radius 2 is 2.19 bits per heavy atom. The Balaban J connectivity index is 2.16. The Morgan fingerprint density at radius 1 is 1.43 bits per heavy atom. The van der Waals surface area contributed by atoms with Crippen molar-refractivity contribution in [3.63, 3.8) is 0 Å². The summed E-state index contributed by atoms with van der Waals surface area (Å²) in [5.41, 5.74) is 7.22. The summed E-state index contributed by atoms with van der Waals surface area (Å²) in [5, 5.41) is 0.652. The summed E-state index contributed by atoms with van der Waals surface area (Å²) in [6.45, 7) is 2.95. The molecular weight excluding hydrogens is 284 g/mol. The number of ether oxygens (including phenoxy) is 1. The average molecular weight is 311 g/mol. The van der Waals surface area contributed by atoms with Crippen molar-refractivity contribution in [2.75, 3.05) is 20.7 Å². The summed E-state index contributed by atoms with van der Waals surface area (Å²) in [6.07, 6.45) is 5.20. The van der Waals surface area contributed by atoms with Gasteiger partial charge in [0.25, 0.3) is 0 Å². The van der Waals surface area contributed by atoms with E-state index >= 15 is 0 Å². The van der Waals surface area contributed by atoms with Crippen LogP contribution in [0, 0.1) is 5.92 Å². The van der Waals surface area contributed by atoms with E-state index in [0.717, 1.165) is 5.92 Å². The minimum Gasteiger partial charge on any atom is -0.495 e. The second kappa shape index (κ2) is 7.48. The quantitative estimate of drug-likeness (QED) is 0.897. The van der Waals surface area contributed by atoms with Crippen LogP contribution in [-0.2, 0) is 0 Å². The largest absolute Gasteiger partial charge is 0.495 e. The molecular formula is C17H27ClN2O. The third-order valence-electron chi connectivity index (χ3n) is 4.76. The molecule has 21 heavy (non-hydrogen) atoms. The van der Waals surface area contributed by atoms with Gasteiger partial charge in [0, 0.05) is 18.6 Å². The zero-order valence-corrected chi connectivity index (χ0v) is 14.1. The first-order valence-corrected chi connectivity index (χ1v) is 8.20. The van der Waals surface area contributed by atoms with Crippen molar-refractivity contribution in [3.05, 3.63) is 28.8 Å². The summed E-state index contributed by atoms with van der Waals surface area (Å²) in [4.78, 5) is 2.44. The highest BCUT2D eigenvalue weighted by molar-refractivity contribution is 6.32. The van der Waals surface area contributed by atoms with E-state index in [1.807, 2.05) is 12.1 Å². The highest BCUT2D eigenvalue weighted by Crippen LogP contribution is 2.33. The molecule has 0 aliphatic heterocycles. The summed E-state index contributed by atoms with van der Waals surface area (Å²) in [7, 11) is 3.83. The SMILES string of the molecule is COc1ccc(C(CN)N(C)C2CCCC(C)C2)cc1Cl. The number of nitrogens with two attached hydrogens (primary N) is 1. The lowest BCUT2D eigenvalue weighted by Crippen LogP contribution is -2.41. The van der Waals surface area contributed by atoms with Gasteiger partial charge in [0.1, 0.15) is 5.75 Å². The fraction of sp³-hybridized carbons (Fsp3) is 0.647. The molecule has 0 amide bonds. The van der Waals surface area contributed by atoms with Crippen LogP contribution < -0.4 is 10.5 Å². The topological polar surface area (TPSA) is 38.5 Å². The molecule has 2 N–H and O–H groups in total. The molecule has 1 fully saturated rings. The number of halogens is 1. The first-order valence-electron chi connectivity index (χ1n) is 7.82. The van der Waals surface area contributed by atoms with Gasteiger partial charge in [0.05, 0.1) is 12.1 Å². The molecule has 4 heteroatoms. The van der Waals surface area contributed by atoms with Gasteiger partial charge in [-0.2, -0.15) is 0 Å². The second-order valence-electron chi connectivity index (χ2n) is 6.24. The standard InChI is InChI=1S/C17H27ClN2O/c1-12-5-4-6-14(9-12)20(2)16(11-19)13-7-8-17(21-3)15(18)10-13/h7-8,10,12,14,16H,4-6,9,11,19H2,1-3H3. The van der Waals surface area contributed by atoms with E-state index in [2.05, 4.69) is 24.9 Å². The van der Waals surface area contributed by atoms with Crippen LogP contribution in [0.25, 0.3) is 0 Å². The minimum atomic E-state index is 0.212. The molecule has 0 saturated heterocycles. The molecule has 3 atom stereocenters. The van der Waals surface area contributed by atoms with Gasteiger partial charge < -0.3 is 10.5 Å². The molecule has 3 nitrogen and oxygen atoms in total. The number of likely N-dealkylation sites (N-methyl/N-ethyl adjacent to an activating group) is 1. The van der Waals surface area contributed by atoms with Gasteiger partial charge >= 0.3 is 0 Å². The van der Waals surface area contributed by atoms with Crippen molar-refractivity contribution in [2.45, 2.75) is 44.7 Å². The third kappa shape index (κ3) is 3.91. The Kier molecular flexibility index (Phi) is 5.91. The first-order chi connectivity index (χ1) is 10.1. The lowest BCUT2D eigenvalue weighted by atomic mass is 9.85. The highest BCUT2D eigenvalue weighted by atomic mass is 35.5. The summed E-state index contributed by atoms with van der Waals surface area (Å²) < 4.78 is 5.23. The molecule has 1 aromatic rings. The Labute approximate surface area is 133 Å². The van der Waals surface area contributed by atoms with Crippen molar-refractivity contribution in [1.82, 2.24) is 4.90 Å². The predicted molar refractivity (Wildman–Crippen MR) is 89.0 cm³/mol. The van der Waals surface area contributed by atoms with Gasteiger partial charge in [-0.1, -0.05) is 37.4 Å². The summed E-state index contributed by atoms with van der Waals surface area (Å²) in [5.74, 6) is 1.52. The van der Waals surface area contributed by atoms with Crippen LogP contribution in [0.5, 0.6) is 5.75 Å². The molecule has 3 unspecified atom stereocenters. The van der Waals surface area contributed by atoms with Crippen LogP contribution in [-0.4, -0.2) is 31.6 Å². The van der Waals surface area contributed by atoms with Gasteiger partial charge in [-0.15, -0.1) is 0 Å². The molecule has 118 valence electrons. The zero-order valence-electron chi connectivity index (χ0n) is 13.3. The van der Waals surface area contributed by atoms with E-state index in [4.69, 9.17) is 22.1 Å².